The van der Waals surface area contributed by atoms with Crippen molar-refractivity contribution in [2.45, 2.75) is 51.6 Å². The Morgan fingerprint density at radius 3 is 1.39 bits per heavy atom. The number of rotatable bonds is 8. The van der Waals surface area contributed by atoms with Crippen LogP contribution in [0.15, 0.2) is 72.8 Å². The van der Waals surface area contributed by atoms with E-state index in [-0.39, 0.29) is 24.3 Å². The summed E-state index contributed by atoms with van der Waals surface area (Å²) in [5, 5.41) is 0. The number of carbonyl (C=O) groups excluding carboxylic acids is 2. The number of nitrogens with zero attached hydrogens (tertiary/aromatic N) is 2. The Morgan fingerprint density at radius 2 is 1.03 bits per heavy atom. The molecule has 2 aliphatic rings. The lowest BCUT2D eigenvalue weighted by molar-refractivity contribution is 0.177. The van der Waals surface area contributed by atoms with Crippen molar-refractivity contribution in [3.63, 3.8) is 0 Å². The zero-order chi connectivity index (χ0) is 25.1. The molecule has 2 fully saturated rings. The van der Waals surface area contributed by atoms with Gasteiger partial charge < -0.3 is 9.47 Å². The number of amides is 2. The molecule has 186 valence electrons. The Morgan fingerprint density at radius 1 is 0.639 bits per heavy atom. The van der Waals surface area contributed by atoms with Gasteiger partial charge in [-0.3, -0.25) is 9.80 Å². The smallest absolute Gasteiger partial charge is 0.414 e. The topological polar surface area (TPSA) is 59.1 Å². The van der Waals surface area contributed by atoms with Crippen LogP contribution in [0.4, 0.5) is 21.0 Å². The van der Waals surface area contributed by atoms with Gasteiger partial charge in [0.15, 0.2) is 0 Å². The molecular weight excluding hydrogens is 452 g/mol. The third-order valence-electron chi connectivity index (χ3n) is 7.11. The van der Waals surface area contributed by atoms with Gasteiger partial charge in [0.05, 0.1) is 23.5 Å². The van der Waals surface area contributed by atoms with Crippen LogP contribution in [0.25, 0.3) is 0 Å². The molecule has 0 radical (unpaired) electrons. The lowest BCUT2D eigenvalue weighted by Gasteiger charge is -2.32. The molecule has 3 aromatic rings. The Bertz CT molecular complexity index is 1130. The fourth-order valence-electron chi connectivity index (χ4n) is 5.31. The maximum atomic E-state index is 13.2. The lowest BCUT2D eigenvalue weighted by Crippen LogP contribution is -2.41. The normalized spacial score (nSPS) is 19.5. The molecule has 2 amide bonds. The SMILES string of the molecule is CCc1ccc(CC)c(N2C(=O)OCC2Cc2ccccc2)c1N1C(=O)OCC1Cc1ccccc1. The lowest BCUT2D eigenvalue weighted by atomic mass is 9.96. The van der Waals surface area contributed by atoms with Gasteiger partial charge in [-0.05, 0) is 47.9 Å². The van der Waals surface area contributed by atoms with Crippen molar-refractivity contribution in [1.29, 1.82) is 0 Å². The molecule has 3 aromatic carbocycles. The van der Waals surface area contributed by atoms with Crippen LogP contribution in [0.5, 0.6) is 0 Å². The Balaban J connectivity index is 1.61. The molecule has 0 saturated carbocycles. The minimum Gasteiger partial charge on any atom is -0.447 e. The Hall–Kier alpha value is -3.80. The molecule has 2 heterocycles. The van der Waals surface area contributed by atoms with Crippen molar-refractivity contribution in [1.82, 2.24) is 0 Å². The van der Waals surface area contributed by atoms with Crippen LogP contribution in [0.2, 0.25) is 0 Å². The number of carbonyl (C=O) groups is 2. The van der Waals surface area contributed by atoms with Gasteiger partial charge in [-0.25, -0.2) is 9.59 Å². The fraction of sp³-hybridized carbons (Fsp3) is 0.333. The summed E-state index contributed by atoms with van der Waals surface area (Å²) in [4.78, 5) is 30.0. The van der Waals surface area contributed by atoms with Gasteiger partial charge >= 0.3 is 12.2 Å². The van der Waals surface area contributed by atoms with E-state index >= 15 is 0 Å². The van der Waals surface area contributed by atoms with Gasteiger partial charge in [0.1, 0.15) is 13.2 Å². The predicted octanol–water partition coefficient (Wildman–Crippen LogP) is 5.95. The summed E-state index contributed by atoms with van der Waals surface area (Å²) in [5.41, 5.74) is 5.85. The highest BCUT2D eigenvalue weighted by Crippen LogP contribution is 2.43. The summed E-state index contributed by atoms with van der Waals surface area (Å²) in [6.07, 6.45) is 2.05. The molecule has 0 N–H and O–H groups in total. The van der Waals surface area contributed by atoms with Crippen LogP contribution in [0.3, 0.4) is 0 Å². The summed E-state index contributed by atoms with van der Waals surface area (Å²) in [5.74, 6) is 0. The van der Waals surface area contributed by atoms with Gasteiger partial charge in [0.25, 0.3) is 0 Å². The van der Waals surface area contributed by atoms with Gasteiger partial charge in [0.2, 0.25) is 0 Å². The zero-order valence-electron chi connectivity index (χ0n) is 20.9. The third-order valence-corrected chi connectivity index (χ3v) is 7.11. The van der Waals surface area contributed by atoms with Gasteiger partial charge in [-0.2, -0.15) is 0 Å². The molecule has 2 unspecified atom stereocenters. The van der Waals surface area contributed by atoms with Crippen LogP contribution >= 0.6 is 0 Å². The highest BCUT2D eigenvalue weighted by Gasteiger charge is 2.42. The third kappa shape index (κ3) is 4.55. The highest BCUT2D eigenvalue weighted by atomic mass is 16.6. The maximum Gasteiger partial charge on any atom is 0.414 e. The number of anilines is 2. The predicted molar refractivity (Wildman–Crippen MR) is 141 cm³/mol. The molecular formula is C30H32N2O4. The number of ether oxygens (including phenoxy) is 2. The van der Waals surface area contributed by atoms with Crippen LogP contribution in [-0.2, 0) is 35.2 Å². The molecule has 0 aliphatic carbocycles. The average Bonchev–Trinajstić information content (AvgIpc) is 3.45. The number of benzene rings is 3. The van der Waals surface area contributed by atoms with Crippen molar-refractivity contribution in [3.8, 4) is 0 Å². The first-order valence-corrected chi connectivity index (χ1v) is 12.7. The van der Waals surface area contributed by atoms with E-state index in [1.165, 1.54) is 0 Å². The average molecular weight is 485 g/mol. The molecule has 2 saturated heterocycles. The van der Waals surface area contributed by atoms with E-state index in [1.54, 1.807) is 9.80 Å². The van der Waals surface area contributed by atoms with Gasteiger partial charge in [-0.15, -0.1) is 0 Å². The Labute approximate surface area is 212 Å². The second-order valence-electron chi connectivity index (χ2n) is 9.37. The summed E-state index contributed by atoms with van der Waals surface area (Å²) in [6, 6.07) is 24.1. The summed E-state index contributed by atoms with van der Waals surface area (Å²) < 4.78 is 11.2. The van der Waals surface area contributed by atoms with E-state index in [1.807, 2.05) is 36.4 Å². The van der Waals surface area contributed by atoms with E-state index in [4.69, 9.17) is 9.47 Å². The van der Waals surface area contributed by atoms with Crippen molar-refractivity contribution in [3.05, 3.63) is 95.1 Å². The number of hydrogen-bond donors (Lipinski definition) is 0. The molecule has 36 heavy (non-hydrogen) atoms. The van der Waals surface area contributed by atoms with Crippen molar-refractivity contribution < 1.29 is 19.1 Å². The number of cyclic esters (lactones) is 2. The quantitative estimate of drug-likeness (QED) is 0.397. The van der Waals surface area contributed by atoms with E-state index in [2.05, 4.69) is 50.2 Å². The first-order valence-electron chi connectivity index (χ1n) is 12.7. The molecule has 6 heteroatoms. The monoisotopic (exact) mass is 484 g/mol. The van der Waals surface area contributed by atoms with Crippen LogP contribution in [-0.4, -0.2) is 37.5 Å². The fourth-order valence-corrected chi connectivity index (χ4v) is 5.31. The molecule has 2 aliphatic heterocycles. The second-order valence-corrected chi connectivity index (χ2v) is 9.37. The zero-order valence-corrected chi connectivity index (χ0v) is 20.9. The van der Waals surface area contributed by atoms with E-state index in [0.29, 0.717) is 26.1 Å². The minimum atomic E-state index is -0.368. The molecule has 6 nitrogen and oxygen atoms in total. The summed E-state index contributed by atoms with van der Waals surface area (Å²) in [6.45, 7) is 4.77. The van der Waals surface area contributed by atoms with Crippen molar-refractivity contribution >= 4 is 23.6 Å². The first-order chi connectivity index (χ1) is 17.6. The van der Waals surface area contributed by atoms with Crippen LogP contribution in [0.1, 0.15) is 36.1 Å². The molecule has 0 aromatic heterocycles. The van der Waals surface area contributed by atoms with E-state index < -0.39 is 0 Å². The van der Waals surface area contributed by atoms with Crippen molar-refractivity contribution in [2.75, 3.05) is 23.0 Å². The van der Waals surface area contributed by atoms with E-state index in [0.717, 1.165) is 46.5 Å². The van der Waals surface area contributed by atoms with E-state index in [9.17, 15) is 9.59 Å². The molecule has 5 rings (SSSR count). The van der Waals surface area contributed by atoms with Gasteiger partial charge in [-0.1, -0.05) is 86.6 Å². The van der Waals surface area contributed by atoms with Crippen LogP contribution in [0, 0.1) is 0 Å². The van der Waals surface area contributed by atoms with Gasteiger partial charge in [0, 0.05) is 0 Å². The number of hydrogen-bond acceptors (Lipinski definition) is 4. The maximum absolute atomic E-state index is 13.2. The largest absolute Gasteiger partial charge is 0.447 e. The molecule has 2 atom stereocenters. The highest BCUT2D eigenvalue weighted by molar-refractivity contribution is 6.02. The minimum absolute atomic E-state index is 0.165. The molecule has 0 bridgehead atoms. The summed E-state index contributed by atoms with van der Waals surface area (Å²) >= 11 is 0. The summed E-state index contributed by atoms with van der Waals surface area (Å²) in [7, 11) is 0. The van der Waals surface area contributed by atoms with Crippen LogP contribution < -0.4 is 9.80 Å². The first kappa shape index (κ1) is 23.9. The van der Waals surface area contributed by atoms with Crippen molar-refractivity contribution in [2.24, 2.45) is 0 Å². The number of aryl methyl sites for hydroxylation is 2. The molecule has 0 spiro atoms. The Kier molecular flexibility index (Phi) is 6.94. The second kappa shape index (κ2) is 10.4. The standard InChI is InChI=1S/C30H32N2O4/c1-3-23-15-16-24(4-2)28(32-26(20-36-30(32)34)18-22-13-9-6-10-14-22)27(23)31-25(19-35-29(31)33)17-21-11-7-5-8-12-21/h5-16,25-26H,3-4,17-20H2,1-2H3.